The number of carbonyl (C=O) groups is 1. The van der Waals surface area contributed by atoms with Gasteiger partial charge in [-0.1, -0.05) is 0 Å². The number of likely N-dealkylation sites (N-methyl/N-ethyl adjacent to an activating group) is 1. The summed E-state index contributed by atoms with van der Waals surface area (Å²) >= 11 is 0. The van der Waals surface area contributed by atoms with Gasteiger partial charge in [-0.3, -0.25) is 4.79 Å². The van der Waals surface area contributed by atoms with Crippen molar-refractivity contribution >= 4 is 17.3 Å². The molecule has 4 aromatic rings. The number of anilines is 2. The van der Waals surface area contributed by atoms with E-state index in [1.54, 1.807) is 18.5 Å². The van der Waals surface area contributed by atoms with Crippen LogP contribution in [0.3, 0.4) is 0 Å². The minimum absolute atomic E-state index is 0.112. The van der Waals surface area contributed by atoms with Crippen molar-refractivity contribution in [2.45, 2.75) is 26.8 Å². The third-order valence-electron chi connectivity index (χ3n) is 6.81. The highest BCUT2D eigenvalue weighted by atomic mass is 19.1. The van der Waals surface area contributed by atoms with Crippen molar-refractivity contribution in [1.29, 1.82) is 0 Å². The number of amides is 1. The number of halogens is 1. The molecule has 0 atom stereocenters. The molecule has 0 bridgehead atoms. The highest BCUT2D eigenvalue weighted by molar-refractivity contribution is 6.03. The maximum absolute atomic E-state index is 13.5. The van der Waals surface area contributed by atoms with Crippen LogP contribution < -0.4 is 10.2 Å². The van der Waals surface area contributed by atoms with Gasteiger partial charge in [-0.05, 0) is 75.8 Å². The Kier molecular flexibility index (Phi) is 6.80. The number of hydrogen-bond donors (Lipinski definition) is 2. The molecule has 1 fully saturated rings. The van der Waals surface area contributed by atoms with E-state index in [4.69, 9.17) is 0 Å². The van der Waals surface area contributed by atoms with Gasteiger partial charge in [-0.25, -0.2) is 14.4 Å². The fourth-order valence-corrected chi connectivity index (χ4v) is 4.70. The summed E-state index contributed by atoms with van der Waals surface area (Å²) in [5, 5.41) is 2.98. The molecule has 2 N–H and O–H groups in total. The number of benzene rings is 2. The lowest BCUT2D eigenvalue weighted by Crippen LogP contribution is -2.44. The van der Waals surface area contributed by atoms with E-state index in [1.165, 1.54) is 24.0 Å². The summed E-state index contributed by atoms with van der Waals surface area (Å²) in [6.45, 7) is 10.2. The molecule has 0 radical (unpaired) electrons. The predicted molar refractivity (Wildman–Crippen MR) is 144 cm³/mol. The molecule has 0 saturated carbocycles. The molecule has 37 heavy (non-hydrogen) atoms. The number of hydrogen-bond acceptors (Lipinski definition) is 5. The zero-order valence-electron chi connectivity index (χ0n) is 21.6. The number of aromatic nitrogens is 4. The lowest BCUT2D eigenvalue weighted by molar-refractivity contribution is 0.102. The van der Waals surface area contributed by atoms with Crippen molar-refractivity contribution in [3.8, 4) is 22.8 Å². The number of imidazole rings is 2. The number of nitrogens with one attached hydrogen (secondary N) is 2. The van der Waals surface area contributed by atoms with Gasteiger partial charge in [0, 0.05) is 49.2 Å². The Labute approximate surface area is 216 Å². The molecular formula is C28H32FN7O. The van der Waals surface area contributed by atoms with E-state index in [9.17, 15) is 9.18 Å². The highest BCUT2D eigenvalue weighted by Gasteiger charge is 2.21. The number of rotatable bonds is 6. The molecule has 2 aromatic heterocycles. The predicted octanol–water partition coefficient (Wildman–Crippen LogP) is 4.97. The van der Waals surface area contributed by atoms with Gasteiger partial charge in [0.15, 0.2) is 5.82 Å². The first-order valence-electron chi connectivity index (χ1n) is 12.5. The maximum atomic E-state index is 13.5. The van der Waals surface area contributed by atoms with Crippen LogP contribution in [0.4, 0.5) is 15.8 Å². The normalized spacial score (nSPS) is 14.4. The summed E-state index contributed by atoms with van der Waals surface area (Å²) in [7, 11) is 2.14. The second kappa shape index (κ2) is 10.2. The molecular weight excluding hydrogens is 469 g/mol. The fraction of sp³-hybridized carbons (Fsp3) is 0.321. The minimum Gasteiger partial charge on any atom is -0.369 e. The highest BCUT2D eigenvalue weighted by Crippen LogP contribution is 2.32. The lowest BCUT2D eigenvalue weighted by Gasteiger charge is -2.35. The Bertz CT molecular complexity index is 1400. The smallest absolute Gasteiger partial charge is 0.273 e. The monoisotopic (exact) mass is 501 g/mol. The maximum Gasteiger partial charge on any atom is 0.273 e. The third-order valence-corrected chi connectivity index (χ3v) is 6.81. The van der Waals surface area contributed by atoms with Gasteiger partial charge in [-0.15, -0.1) is 0 Å². The summed E-state index contributed by atoms with van der Waals surface area (Å²) in [5.74, 6) is -0.0564. The molecule has 1 aliphatic heterocycles. The van der Waals surface area contributed by atoms with E-state index in [2.05, 4.69) is 50.1 Å². The van der Waals surface area contributed by atoms with Crippen LogP contribution in [-0.2, 0) is 0 Å². The molecule has 1 saturated heterocycles. The first-order chi connectivity index (χ1) is 17.8. The van der Waals surface area contributed by atoms with Crippen LogP contribution in [0.25, 0.3) is 22.8 Å². The second-order valence-electron chi connectivity index (χ2n) is 9.84. The fourth-order valence-electron chi connectivity index (χ4n) is 4.70. The van der Waals surface area contributed by atoms with Crippen LogP contribution in [0.1, 0.15) is 35.9 Å². The summed E-state index contributed by atoms with van der Waals surface area (Å²) < 4.78 is 15.5. The SMILES string of the molecule is Cc1cc(NC(=O)c2cnc(-c3c(-c4ccc(F)cc4)ncn3C(C)C)[nH]2)ccc1N1CCN(C)CC1. The molecule has 9 heteroatoms. The topological polar surface area (TPSA) is 82.1 Å². The van der Waals surface area contributed by atoms with Gasteiger partial charge in [0.1, 0.15) is 17.2 Å². The molecule has 0 aliphatic carbocycles. The van der Waals surface area contributed by atoms with E-state index in [-0.39, 0.29) is 17.8 Å². The quantitative estimate of drug-likeness (QED) is 0.390. The van der Waals surface area contributed by atoms with Crippen LogP contribution in [-0.4, -0.2) is 63.6 Å². The zero-order valence-corrected chi connectivity index (χ0v) is 21.6. The van der Waals surface area contributed by atoms with Gasteiger partial charge in [0.2, 0.25) is 0 Å². The van der Waals surface area contributed by atoms with Gasteiger partial charge < -0.3 is 24.7 Å². The van der Waals surface area contributed by atoms with E-state index >= 15 is 0 Å². The molecule has 5 rings (SSSR count). The van der Waals surface area contributed by atoms with E-state index in [0.29, 0.717) is 17.2 Å². The van der Waals surface area contributed by atoms with Gasteiger partial charge in [0.05, 0.1) is 18.2 Å². The molecule has 8 nitrogen and oxygen atoms in total. The Morgan fingerprint density at radius 1 is 1.05 bits per heavy atom. The molecule has 1 amide bonds. The zero-order chi connectivity index (χ0) is 26.1. The minimum atomic E-state index is -0.308. The Balaban J connectivity index is 1.37. The molecule has 2 aromatic carbocycles. The van der Waals surface area contributed by atoms with E-state index in [0.717, 1.165) is 48.7 Å². The van der Waals surface area contributed by atoms with Crippen molar-refractivity contribution in [3.05, 3.63) is 72.1 Å². The van der Waals surface area contributed by atoms with E-state index in [1.807, 2.05) is 30.5 Å². The van der Waals surface area contributed by atoms with Crippen LogP contribution in [0.2, 0.25) is 0 Å². The molecule has 192 valence electrons. The Morgan fingerprint density at radius 3 is 2.46 bits per heavy atom. The standard InChI is InChI=1S/C28H32FN7O/c1-18(2)36-17-31-25(20-5-7-21(29)8-6-20)26(36)27-30-16-23(33-27)28(37)32-22-9-10-24(19(3)15-22)35-13-11-34(4)12-14-35/h5-10,15-18H,11-14H2,1-4H3,(H,30,33)(H,32,37). The van der Waals surface area contributed by atoms with Crippen molar-refractivity contribution < 1.29 is 9.18 Å². The number of nitrogens with zero attached hydrogens (tertiary/aromatic N) is 5. The van der Waals surface area contributed by atoms with E-state index < -0.39 is 0 Å². The molecule has 3 heterocycles. The first kappa shape index (κ1) is 24.7. The van der Waals surface area contributed by atoms with Crippen molar-refractivity contribution in [2.24, 2.45) is 0 Å². The summed E-state index contributed by atoms with van der Waals surface area (Å²) in [6, 6.07) is 12.3. The Hall–Kier alpha value is -3.98. The number of H-pyrrole nitrogens is 1. The first-order valence-corrected chi connectivity index (χ1v) is 12.5. The Morgan fingerprint density at radius 2 is 1.78 bits per heavy atom. The van der Waals surface area contributed by atoms with Crippen LogP contribution >= 0.6 is 0 Å². The second-order valence-corrected chi connectivity index (χ2v) is 9.84. The number of carbonyl (C=O) groups excluding carboxylic acids is 1. The van der Waals surface area contributed by atoms with Gasteiger partial charge in [-0.2, -0.15) is 0 Å². The molecule has 0 unspecified atom stereocenters. The average molecular weight is 502 g/mol. The van der Waals surface area contributed by atoms with Gasteiger partial charge in [0.25, 0.3) is 5.91 Å². The summed E-state index contributed by atoms with van der Waals surface area (Å²) in [6.07, 6.45) is 3.27. The van der Waals surface area contributed by atoms with Crippen LogP contribution in [0.15, 0.2) is 55.0 Å². The van der Waals surface area contributed by atoms with Crippen LogP contribution in [0.5, 0.6) is 0 Å². The van der Waals surface area contributed by atoms with Crippen LogP contribution in [0, 0.1) is 12.7 Å². The molecule has 0 spiro atoms. The summed E-state index contributed by atoms with van der Waals surface area (Å²) in [4.78, 5) is 30.0. The van der Waals surface area contributed by atoms with Crippen molar-refractivity contribution in [2.75, 3.05) is 43.4 Å². The summed E-state index contributed by atoms with van der Waals surface area (Å²) in [5.41, 5.74) is 5.59. The van der Waals surface area contributed by atoms with Crippen molar-refractivity contribution in [3.63, 3.8) is 0 Å². The number of aromatic amines is 1. The third kappa shape index (κ3) is 5.13. The number of piperazine rings is 1. The molecule has 1 aliphatic rings. The van der Waals surface area contributed by atoms with Gasteiger partial charge >= 0.3 is 0 Å². The van der Waals surface area contributed by atoms with Crippen molar-refractivity contribution in [1.82, 2.24) is 24.4 Å². The largest absolute Gasteiger partial charge is 0.369 e. The lowest BCUT2D eigenvalue weighted by atomic mass is 10.1. The number of aryl methyl sites for hydroxylation is 1. The average Bonchev–Trinajstić information content (AvgIpc) is 3.53.